The first-order valence-corrected chi connectivity index (χ1v) is 6.68. The number of nitrogens with one attached hydrogen (secondary N) is 1. The number of benzene rings is 2. The highest BCUT2D eigenvalue weighted by Gasteiger charge is 2.02. The van der Waals surface area contributed by atoms with Crippen molar-refractivity contribution in [3.8, 4) is 0 Å². The third-order valence-corrected chi connectivity index (χ3v) is 3.24. The molecule has 0 saturated carbocycles. The molecule has 0 aromatic heterocycles. The van der Waals surface area contributed by atoms with E-state index < -0.39 is 0 Å². The van der Waals surface area contributed by atoms with E-state index >= 15 is 0 Å². The van der Waals surface area contributed by atoms with Crippen LogP contribution in [0.15, 0.2) is 60.7 Å². The van der Waals surface area contributed by atoms with Crippen molar-refractivity contribution in [3.63, 3.8) is 0 Å². The van der Waals surface area contributed by atoms with Crippen molar-refractivity contribution in [1.29, 1.82) is 0 Å². The second-order valence-electron chi connectivity index (χ2n) is 4.68. The number of hydrogen-bond acceptors (Lipinski definition) is 1. The lowest BCUT2D eigenvalue weighted by Crippen LogP contribution is -2.20. The summed E-state index contributed by atoms with van der Waals surface area (Å²) >= 11 is 0. The van der Waals surface area contributed by atoms with Crippen LogP contribution in [0, 0.1) is 0 Å². The third kappa shape index (κ3) is 5.46. The summed E-state index contributed by atoms with van der Waals surface area (Å²) in [5, 5.41) is 3.57. The topological polar surface area (TPSA) is 12.0 Å². The first-order chi connectivity index (χ1) is 8.86. The van der Waals surface area contributed by atoms with Gasteiger partial charge in [0.05, 0.1) is 0 Å². The lowest BCUT2D eigenvalue weighted by Gasteiger charge is -2.14. The van der Waals surface area contributed by atoms with Crippen LogP contribution < -0.4 is 5.32 Å². The predicted molar refractivity (Wildman–Crippen MR) is 84.9 cm³/mol. The molecule has 0 fully saturated rings. The van der Waals surface area contributed by atoms with E-state index in [1.807, 2.05) is 0 Å². The minimum atomic E-state index is 0. The average Bonchev–Trinajstić information content (AvgIpc) is 2.45. The molecule has 19 heavy (non-hydrogen) atoms. The average molecular weight is 276 g/mol. The maximum atomic E-state index is 3.57. The largest absolute Gasteiger partial charge is 0.310 e. The molecule has 2 aromatic carbocycles. The highest BCUT2D eigenvalue weighted by Crippen LogP contribution is 2.11. The SMILES string of the molecule is CC(NCCCc1ccccc1)c1ccccc1.Cl. The van der Waals surface area contributed by atoms with Crippen LogP contribution in [0.1, 0.15) is 30.5 Å². The quantitative estimate of drug-likeness (QED) is 0.771. The molecule has 0 aliphatic rings. The summed E-state index contributed by atoms with van der Waals surface area (Å²) in [6.07, 6.45) is 2.33. The summed E-state index contributed by atoms with van der Waals surface area (Å²) in [4.78, 5) is 0. The highest BCUT2D eigenvalue weighted by atomic mass is 35.5. The monoisotopic (exact) mass is 275 g/mol. The van der Waals surface area contributed by atoms with Gasteiger partial charge in [0.1, 0.15) is 0 Å². The summed E-state index contributed by atoms with van der Waals surface area (Å²) in [5.41, 5.74) is 2.78. The van der Waals surface area contributed by atoms with Crippen molar-refractivity contribution in [2.24, 2.45) is 0 Å². The van der Waals surface area contributed by atoms with Gasteiger partial charge >= 0.3 is 0 Å². The van der Waals surface area contributed by atoms with Gasteiger partial charge in [0.15, 0.2) is 0 Å². The molecule has 1 unspecified atom stereocenters. The van der Waals surface area contributed by atoms with Crippen LogP contribution in [-0.2, 0) is 6.42 Å². The Bertz CT molecular complexity index is 441. The van der Waals surface area contributed by atoms with E-state index in [1.165, 1.54) is 17.5 Å². The number of aryl methyl sites for hydroxylation is 1. The third-order valence-electron chi connectivity index (χ3n) is 3.24. The lowest BCUT2D eigenvalue weighted by atomic mass is 10.1. The van der Waals surface area contributed by atoms with Gasteiger partial charge in [0.25, 0.3) is 0 Å². The molecule has 2 aromatic rings. The van der Waals surface area contributed by atoms with Crippen LogP contribution in [0.5, 0.6) is 0 Å². The molecule has 2 rings (SSSR count). The summed E-state index contributed by atoms with van der Waals surface area (Å²) in [5.74, 6) is 0. The van der Waals surface area contributed by atoms with E-state index in [0.717, 1.165) is 13.0 Å². The van der Waals surface area contributed by atoms with Crippen LogP contribution >= 0.6 is 12.4 Å². The Labute approximate surface area is 122 Å². The first-order valence-electron chi connectivity index (χ1n) is 6.68. The molecule has 0 spiro atoms. The Morgan fingerprint density at radius 2 is 1.47 bits per heavy atom. The summed E-state index contributed by atoms with van der Waals surface area (Å²) in [6, 6.07) is 21.7. The van der Waals surface area contributed by atoms with Gasteiger partial charge < -0.3 is 5.32 Å². The smallest absolute Gasteiger partial charge is 0.0291 e. The van der Waals surface area contributed by atoms with Gasteiger partial charge in [-0.25, -0.2) is 0 Å². The van der Waals surface area contributed by atoms with Gasteiger partial charge in [-0.05, 0) is 37.4 Å². The molecule has 0 heterocycles. The summed E-state index contributed by atoms with van der Waals surface area (Å²) in [7, 11) is 0. The second kappa shape index (κ2) is 8.73. The fourth-order valence-corrected chi connectivity index (χ4v) is 2.12. The normalized spacial score (nSPS) is 11.6. The zero-order valence-corrected chi connectivity index (χ0v) is 12.2. The lowest BCUT2D eigenvalue weighted by molar-refractivity contribution is 0.558. The summed E-state index contributed by atoms with van der Waals surface area (Å²) in [6.45, 7) is 3.28. The zero-order chi connectivity index (χ0) is 12.6. The van der Waals surface area contributed by atoms with Gasteiger partial charge in [-0.1, -0.05) is 60.7 Å². The standard InChI is InChI=1S/C17H21N.ClH/c1-15(17-12-6-3-7-13-17)18-14-8-11-16-9-4-2-5-10-16;/h2-7,9-10,12-13,15,18H,8,11,14H2,1H3;1H. The molecule has 0 amide bonds. The molecule has 0 bridgehead atoms. The van der Waals surface area contributed by atoms with Crippen LogP contribution in [0.3, 0.4) is 0 Å². The molecule has 102 valence electrons. The van der Waals surface area contributed by atoms with Crippen LogP contribution in [0.25, 0.3) is 0 Å². The van der Waals surface area contributed by atoms with E-state index in [4.69, 9.17) is 0 Å². The molecule has 1 N–H and O–H groups in total. The Balaban J connectivity index is 0.00000180. The Hall–Kier alpha value is -1.31. The Morgan fingerprint density at radius 1 is 0.895 bits per heavy atom. The molecular formula is C17H22ClN. The van der Waals surface area contributed by atoms with Gasteiger partial charge in [0, 0.05) is 6.04 Å². The van der Waals surface area contributed by atoms with Crippen molar-refractivity contribution in [2.75, 3.05) is 6.54 Å². The van der Waals surface area contributed by atoms with Crippen LogP contribution in [0.2, 0.25) is 0 Å². The van der Waals surface area contributed by atoms with Gasteiger partial charge in [-0.2, -0.15) is 0 Å². The van der Waals surface area contributed by atoms with E-state index in [9.17, 15) is 0 Å². The molecule has 2 heteroatoms. The molecule has 0 aliphatic heterocycles. The maximum absolute atomic E-state index is 3.57. The molecule has 1 nitrogen and oxygen atoms in total. The zero-order valence-electron chi connectivity index (χ0n) is 11.4. The fraction of sp³-hybridized carbons (Fsp3) is 0.294. The number of hydrogen-bond donors (Lipinski definition) is 1. The molecule has 0 aliphatic carbocycles. The van der Waals surface area contributed by atoms with Crippen molar-refractivity contribution >= 4 is 12.4 Å². The maximum Gasteiger partial charge on any atom is 0.0291 e. The van der Waals surface area contributed by atoms with E-state index in [2.05, 4.69) is 72.9 Å². The van der Waals surface area contributed by atoms with E-state index in [0.29, 0.717) is 6.04 Å². The minimum Gasteiger partial charge on any atom is -0.310 e. The number of halogens is 1. The molecular weight excluding hydrogens is 254 g/mol. The fourth-order valence-electron chi connectivity index (χ4n) is 2.12. The molecule has 0 saturated heterocycles. The Morgan fingerprint density at radius 3 is 2.11 bits per heavy atom. The van der Waals surface area contributed by atoms with Crippen molar-refractivity contribution in [2.45, 2.75) is 25.8 Å². The first kappa shape index (κ1) is 15.7. The Kier molecular flexibility index (Phi) is 7.24. The highest BCUT2D eigenvalue weighted by molar-refractivity contribution is 5.85. The summed E-state index contributed by atoms with van der Waals surface area (Å²) < 4.78 is 0. The molecule has 1 atom stereocenters. The number of rotatable bonds is 6. The van der Waals surface area contributed by atoms with E-state index in [-0.39, 0.29) is 12.4 Å². The van der Waals surface area contributed by atoms with E-state index in [1.54, 1.807) is 0 Å². The second-order valence-corrected chi connectivity index (χ2v) is 4.68. The van der Waals surface area contributed by atoms with Gasteiger partial charge in [-0.15, -0.1) is 12.4 Å². The predicted octanol–water partition coefficient (Wildman–Crippen LogP) is 4.39. The van der Waals surface area contributed by atoms with Gasteiger partial charge in [0.2, 0.25) is 0 Å². The van der Waals surface area contributed by atoms with Crippen molar-refractivity contribution in [3.05, 3.63) is 71.8 Å². The van der Waals surface area contributed by atoms with Gasteiger partial charge in [-0.3, -0.25) is 0 Å². The van der Waals surface area contributed by atoms with Crippen LogP contribution in [-0.4, -0.2) is 6.54 Å². The molecule has 0 radical (unpaired) electrons. The van der Waals surface area contributed by atoms with Crippen molar-refractivity contribution in [1.82, 2.24) is 5.32 Å². The van der Waals surface area contributed by atoms with Crippen molar-refractivity contribution < 1.29 is 0 Å². The minimum absolute atomic E-state index is 0. The van der Waals surface area contributed by atoms with Crippen LogP contribution in [0.4, 0.5) is 0 Å².